The first-order valence-corrected chi connectivity index (χ1v) is 4.10. The van der Waals surface area contributed by atoms with Gasteiger partial charge in [0, 0.05) is 23.5 Å². The van der Waals surface area contributed by atoms with Gasteiger partial charge in [-0.1, -0.05) is 0 Å². The zero-order valence-corrected chi connectivity index (χ0v) is 8.10. The summed E-state index contributed by atoms with van der Waals surface area (Å²) < 4.78 is 0. The van der Waals surface area contributed by atoms with Crippen LogP contribution in [0.4, 0.5) is 0 Å². The van der Waals surface area contributed by atoms with Crippen LogP contribution in [0, 0.1) is 20.8 Å². The summed E-state index contributed by atoms with van der Waals surface area (Å²) in [5, 5.41) is 3.11. The van der Waals surface area contributed by atoms with Crippen LogP contribution in [0.15, 0.2) is 0 Å². The number of aromatic nitrogens is 2. The van der Waals surface area contributed by atoms with Crippen molar-refractivity contribution in [3.63, 3.8) is 0 Å². The van der Waals surface area contributed by atoms with Crippen molar-refractivity contribution < 1.29 is 0 Å². The summed E-state index contributed by atoms with van der Waals surface area (Å²) in [6.45, 7) is 6.81. The van der Waals surface area contributed by atoms with Crippen molar-refractivity contribution in [2.45, 2.75) is 27.3 Å². The third-order valence-electron chi connectivity index (χ3n) is 1.89. The predicted octanol–water partition coefficient (Wildman–Crippen LogP) is 1.12. The van der Waals surface area contributed by atoms with Crippen molar-refractivity contribution in [3.8, 4) is 0 Å². The Morgan fingerprint density at radius 2 is 1.58 bits per heavy atom. The molecular formula is C9H15N3. The standard InChI is InChI=1S/C9H15N3/c1-6-9(5-10-4)7(2)12-8(3)11-6/h10H,5H2,1-4H3. The Morgan fingerprint density at radius 3 is 2.00 bits per heavy atom. The van der Waals surface area contributed by atoms with Gasteiger partial charge in [-0.05, 0) is 27.8 Å². The van der Waals surface area contributed by atoms with E-state index in [2.05, 4.69) is 15.3 Å². The predicted molar refractivity (Wildman–Crippen MR) is 49.0 cm³/mol. The minimum absolute atomic E-state index is 0.845. The molecule has 1 N–H and O–H groups in total. The van der Waals surface area contributed by atoms with Crippen molar-refractivity contribution >= 4 is 0 Å². The summed E-state index contributed by atoms with van der Waals surface area (Å²) in [5.41, 5.74) is 3.37. The molecule has 0 bridgehead atoms. The third kappa shape index (κ3) is 1.80. The van der Waals surface area contributed by atoms with Crippen molar-refractivity contribution in [3.05, 3.63) is 22.8 Å². The van der Waals surface area contributed by atoms with E-state index in [-0.39, 0.29) is 0 Å². The van der Waals surface area contributed by atoms with E-state index in [1.165, 1.54) is 5.56 Å². The van der Waals surface area contributed by atoms with Gasteiger partial charge < -0.3 is 5.32 Å². The van der Waals surface area contributed by atoms with Gasteiger partial charge in [0.15, 0.2) is 0 Å². The molecule has 0 aliphatic carbocycles. The lowest BCUT2D eigenvalue weighted by Crippen LogP contribution is -2.11. The van der Waals surface area contributed by atoms with E-state index in [0.717, 1.165) is 23.8 Å². The molecule has 0 radical (unpaired) electrons. The first-order valence-electron chi connectivity index (χ1n) is 4.10. The van der Waals surface area contributed by atoms with Crippen molar-refractivity contribution in [2.75, 3.05) is 7.05 Å². The fourth-order valence-corrected chi connectivity index (χ4v) is 1.34. The summed E-state index contributed by atoms with van der Waals surface area (Å²) in [4.78, 5) is 8.60. The number of rotatable bonds is 2. The highest BCUT2D eigenvalue weighted by Gasteiger charge is 2.04. The summed E-state index contributed by atoms with van der Waals surface area (Å²) in [7, 11) is 1.93. The Balaban J connectivity index is 3.10. The summed E-state index contributed by atoms with van der Waals surface area (Å²) >= 11 is 0. The maximum absolute atomic E-state index is 4.30. The van der Waals surface area contributed by atoms with E-state index in [4.69, 9.17) is 0 Å². The Bertz CT molecular complexity index is 258. The van der Waals surface area contributed by atoms with Crippen LogP contribution in [0.2, 0.25) is 0 Å². The average Bonchev–Trinajstić information content (AvgIpc) is 1.96. The van der Waals surface area contributed by atoms with Crippen LogP contribution in [0.5, 0.6) is 0 Å². The van der Waals surface area contributed by atoms with Crippen LogP contribution in [-0.4, -0.2) is 17.0 Å². The van der Waals surface area contributed by atoms with Crippen LogP contribution < -0.4 is 5.32 Å². The molecule has 0 amide bonds. The molecular weight excluding hydrogens is 150 g/mol. The molecule has 0 fully saturated rings. The smallest absolute Gasteiger partial charge is 0.125 e. The highest BCUT2D eigenvalue weighted by Crippen LogP contribution is 2.08. The van der Waals surface area contributed by atoms with E-state index in [0.29, 0.717) is 0 Å². The van der Waals surface area contributed by atoms with Gasteiger partial charge in [0.2, 0.25) is 0 Å². The van der Waals surface area contributed by atoms with Gasteiger partial charge in [-0.2, -0.15) is 0 Å². The molecule has 0 aliphatic rings. The Labute approximate surface area is 73.2 Å². The molecule has 0 saturated carbocycles. The topological polar surface area (TPSA) is 37.8 Å². The molecule has 66 valence electrons. The molecule has 0 atom stereocenters. The van der Waals surface area contributed by atoms with Gasteiger partial charge in [0.1, 0.15) is 5.82 Å². The zero-order chi connectivity index (χ0) is 9.14. The molecule has 1 aromatic rings. The maximum atomic E-state index is 4.30. The molecule has 12 heavy (non-hydrogen) atoms. The zero-order valence-electron chi connectivity index (χ0n) is 8.10. The fourth-order valence-electron chi connectivity index (χ4n) is 1.34. The van der Waals surface area contributed by atoms with Crippen molar-refractivity contribution in [1.82, 2.24) is 15.3 Å². The number of hydrogen-bond acceptors (Lipinski definition) is 3. The minimum atomic E-state index is 0.845. The monoisotopic (exact) mass is 165 g/mol. The first-order chi connectivity index (χ1) is 5.65. The molecule has 1 rings (SSSR count). The summed E-state index contributed by atoms with van der Waals surface area (Å²) in [6, 6.07) is 0. The van der Waals surface area contributed by atoms with E-state index < -0.39 is 0 Å². The van der Waals surface area contributed by atoms with E-state index >= 15 is 0 Å². The quantitative estimate of drug-likeness (QED) is 0.713. The van der Waals surface area contributed by atoms with E-state index in [9.17, 15) is 0 Å². The van der Waals surface area contributed by atoms with Crippen LogP contribution in [0.3, 0.4) is 0 Å². The molecule has 0 aliphatic heterocycles. The van der Waals surface area contributed by atoms with Crippen LogP contribution in [-0.2, 0) is 6.54 Å². The van der Waals surface area contributed by atoms with Crippen LogP contribution in [0.1, 0.15) is 22.8 Å². The second-order valence-electron chi connectivity index (χ2n) is 2.95. The number of nitrogens with one attached hydrogen (secondary N) is 1. The van der Waals surface area contributed by atoms with E-state index in [1.807, 2.05) is 27.8 Å². The lowest BCUT2D eigenvalue weighted by Gasteiger charge is -2.07. The van der Waals surface area contributed by atoms with E-state index in [1.54, 1.807) is 0 Å². The first kappa shape index (κ1) is 9.13. The largest absolute Gasteiger partial charge is 0.316 e. The van der Waals surface area contributed by atoms with Gasteiger partial charge in [0.05, 0.1) is 0 Å². The number of nitrogens with zero attached hydrogens (tertiary/aromatic N) is 2. The lowest BCUT2D eigenvalue weighted by atomic mass is 10.1. The van der Waals surface area contributed by atoms with Gasteiger partial charge in [-0.25, -0.2) is 9.97 Å². The highest BCUT2D eigenvalue weighted by atomic mass is 14.9. The normalized spacial score (nSPS) is 10.3. The number of hydrogen-bond donors (Lipinski definition) is 1. The number of aryl methyl sites for hydroxylation is 3. The molecule has 3 nitrogen and oxygen atoms in total. The molecule has 3 heteroatoms. The van der Waals surface area contributed by atoms with Gasteiger partial charge >= 0.3 is 0 Å². The second-order valence-corrected chi connectivity index (χ2v) is 2.95. The van der Waals surface area contributed by atoms with Gasteiger partial charge in [-0.3, -0.25) is 0 Å². The second kappa shape index (κ2) is 3.63. The maximum Gasteiger partial charge on any atom is 0.125 e. The molecule has 0 spiro atoms. The Hall–Kier alpha value is -0.960. The van der Waals surface area contributed by atoms with Crippen molar-refractivity contribution in [2.24, 2.45) is 0 Å². The average molecular weight is 165 g/mol. The minimum Gasteiger partial charge on any atom is -0.316 e. The lowest BCUT2D eigenvalue weighted by molar-refractivity contribution is 0.779. The summed E-state index contributed by atoms with van der Waals surface area (Å²) in [5.74, 6) is 0.852. The van der Waals surface area contributed by atoms with Crippen LogP contribution >= 0.6 is 0 Å². The molecule has 0 unspecified atom stereocenters. The Kier molecular flexibility index (Phi) is 2.76. The Morgan fingerprint density at radius 1 is 1.08 bits per heavy atom. The summed E-state index contributed by atoms with van der Waals surface area (Å²) in [6.07, 6.45) is 0. The van der Waals surface area contributed by atoms with Crippen LogP contribution in [0.25, 0.3) is 0 Å². The highest BCUT2D eigenvalue weighted by molar-refractivity contribution is 5.23. The van der Waals surface area contributed by atoms with Gasteiger partial charge in [-0.15, -0.1) is 0 Å². The molecule has 1 heterocycles. The SMILES string of the molecule is CNCc1c(C)nc(C)nc1C. The van der Waals surface area contributed by atoms with Crippen molar-refractivity contribution in [1.29, 1.82) is 0 Å². The fraction of sp³-hybridized carbons (Fsp3) is 0.556. The molecule has 1 aromatic heterocycles. The van der Waals surface area contributed by atoms with Gasteiger partial charge in [0.25, 0.3) is 0 Å². The third-order valence-corrected chi connectivity index (χ3v) is 1.89. The molecule has 0 aromatic carbocycles. The molecule has 0 saturated heterocycles.